The van der Waals surface area contributed by atoms with E-state index >= 15 is 0 Å². The molecular formula is C32H34N4O2. The number of nitrogens with zero attached hydrogens (tertiary/aromatic N) is 4. The van der Waals surface area contributed by atoms with E-state index in [0.717, 1.165) is 60.2 Å². The first-order valence-corrected chi connectivity index (χ1v) is 13.4. The van der Waals surface area contributed by atoms with Crippen LogP contribution < -0.4 is 9.47 Å². The molecule has 2 atom stereocenters. The van der Waals surface area contributed by atoms with Crippen LogP contribution in [0.25, 0.3) is 22.5 Å². The Balaban J connectivity index is 1.11. The third kappa shape index (κ3) is 5.28. The topological polar surface area (TPSA) is 50.7 Å². The lowest BCUT2D eigenvalue weighted by Crippen LogP contribution is -2.52. The molecule has 6 nitrogen and oxygen atoms in total. The number of piperazine rings is 1. The van der Waals surface area contributed by atoms with Gasteiger partial charge in [0.1, 0.15) is 11.5 Å². The molecule has 2 saturated heterocycles. The molecule has 2 bridgehead atoms. The number of hydrogen-bond donors (Lipinski definition) is 0. The summed E-state index contributed by atoms with van der Waals surface area (Å²) >= 11 is 0. The maximum atomic E-state index is 5.30. The lowest BCUT2D eigenvalue weighted by Gasteiger charge is -2.41. The summed E-state index contributed by atoms with van der Waals surface area (Å²) in [4.78, 5) is 14.6. The summed E-state index contributed by atoms with van der Waals surface area (Å²) in [5, 5.41) is 0. The van der Waals surface area contributed by atoms with Crippen LogP contribution in [0.1, 0.15) is 24.0 Å². The van der Waals surface area contributed by atoms with E-state index in [1.807, 2.05) is 36.7 Å². The molecule has 194 valence electrons. The number of aromatic nitrogens is 2. The Bertz CT molecular complexity index is 1360. The van der Waals surface area contributed by atoms with E-state index in [2.05, 4.69) is 68.3 Å². The molecule has 2 aromatic heterocycles. The molecule has 2 aliphatic rings. The fraction of sp³-hybridized carbons (Fsp3) is 0.312. The zero-order valence-electron chi connectivity index (χ0n) is 22.1. The van der Waals surface area contributed by atoms with Gasteiger partial charge in [0.15, 0.2) is 0 Å². The Morgan fingerprint density at radius 3 is 1.61 bits per heavy atom. The van der Waals surface area contributed by atoms with Gasteiger partial charge < -0.3 is 9.47 Å². The minimum absolute atomic E-state index is 0.592. The molecule has 0 radical (unpaired) electrons. The number of pyridine rings is 2. The summed E-state index contributed by atoms with van der Waals surface area (Å²) in [5.74, 6) is 1.73. The van der Waals surface area contributed by atoms with Gasteiger partial charge >= 0.3 is 0 Å². The van der Waals surface area contributed by atoms with Crippen molar-refractivity contribution in [2.75, 3.05) is 27.3 Å². The van der Waals surface area contributed by atoms with Gasteiger partial charge in [-0.3, -0.25) is 19.8 Å². The van der Waals surface area contributed by atoms with Gasteiger partial charge in [0.2, 0.25) is 0 Å². The molecule has 0 unspecified atom stereocenters. The third-order valence-corrected chi connectivity index (χ3v) is 7.90. The van der Waals surface area contributed by atoms with E-state index in [0.29, 0.717) is 12.1 Å². The van der Waals surface area contributed by atoms with Crippen LogP contribution in [0.15, 0.2) is 85.2 Å². The predicted molar refractivity (Wildman–Crippen MR) is 150 cm³/mol. The van der Waals surface area contributed by atoms with E-state index in [1.165, 1.54) is 24.0 Å². The highest BCUT2D eigenvalue weighted by Gasteiger charge is 2.39. The summed E-state index contributed by atoms with van der Waals surface area (Å²) in [7, 11) is 3.39. The molecule has 4 heterocycles. The van der Waals surface area contributed by atoms with Gasteiger partial charge in [0, 0.05) is 61.8 Å². The standard InChI is InChI=1S/C32H34N4O2/c1-37-29-9-3-25(4-10-29)31-17-23(13-15-33-31)19-35-21-27-7-8-28(22-35)36(27)20-24-14-16-34-32(18-24)26-5-11-30(38-2)12-6-26/h3-6,9-18,27-28H,7-8,19-22H2,1-2H3/t27-,28+. The lowest BCUT2D eigenvalue weighted by atomic mass is 10.1. The Labute approximate surface area is 224 Å². The van der Waals surface area contributed by atoms with E-state index < -0.39 is 0 Å². The third-order valence-electron chi connectivity index (χ3n) is 7.90. The van der Waals surface area contributed by atoms with Crippen LogP contribution in [0.5, 0.6) is 11.5 Å². The molecule has 0 spiro atoms. The van der Waals surface area contributed by atoms with Crippen molar-refractivity contribution in [3.8, 4) is 34.0 Å². The largest absolute Gasteiger partial charge is 0.497 e. The average Bonchev–Trinajstić information content (AvgIpc) is 3.19. The highest BCUT2D eigenvalue weighted by molar-refractivity contribution is 5.61. The monoisotopic (exact) mass is 506 g/mol. The number of likely N-dealkylation sites (tertiary alicyclic amines) is 1. The first-order valence-electron chi connectivity index (χ1n) is 13.4. The average molecular weight is 507 g/mol. The van der Waals surface area contributed by atoms with E-state index in [1.54, 1.807) is 14.2 Å². The highest BCUT2D eigenvalue weighted by Crippen LogP contribution is 2.33. The van der Waals surface area contributed by atoms with Gasteiger partial charge in [-0.15, -0.1) is 0 Å². The molecular weight excluding hydrogens is 472 g/mol. The fourth-order valence-corrected chi connectivity index (χ4v) is 5.92. The van der Waals surface area contributed by atoms with Crippen LogP contribution in [-0.2, 0) is 13.1 Å². The molecule has 6 heteroatoms. The fourth-order valence-electron chi connectivity index (χ4n) is 5.92. The van der Waals surface area contributed by atoms with E-state index in [4.69, 9.17) is 9.47 Å². The van der Waals surface area contributed by atoms with Crippen molar-refractivity contribution >= 4 is 0 Å². The molecule has 0 saturated carbocycles. The molecule has 4 aromatic rings. The van der Waals surface area contributed by atoms with Gasteiger partial charge in [0.05, 0.1) is 25.6 Å². The minimum Gasteiger partial charge on any atom is -0.497 e. The first kappa shape index (κ1) is 24.6. The number of ether oxygens (including phenoxy) is 2. The molecule has 6 rings (SSSR count). The predicted octanol–water partition coefficient (Wildman–Crippen LogP) is 5.68. The second-order valence-corrected chi connectivity index (χ2v) is 10.3. The van der Waals surface area contributed by atoms with Crippen molar-refractivity contribution in [2.45, 2.75) is 38.0 Å². The van der Waals surface area contributed by atoms with Crippen LogP contribution in [0.3, 0.4) is 0 Å². The SMILES string of the molecule is COc1ccc(-c2cc(CN3C[C@H]4CC[C@@H](C3)N4Cc3ccnc(-c4ccc(OC)cc4)c3)ccn2)cc1. The van der Waals surface area contributed by atoms with Crippen LogP contribution in [0.2, 0.25) is 0 Å². The summed E-state index contributed by atoms with van der Waals surface area (Å²) in [6.45, 7) is 4.15. The van der Waals surface area contributed by atoms with Gasteiger partial charge in [-0.1, -0.05) is 0 Å². The number of hydrogen-bond acceptors (Lipinski definition) is 6. The number of benzene rings is 2. The van der Waals surface area contributed by atoms with Crippen molar-refractivity contribution < 1.29 is 9.47 Å². The molecule has 0 N–H and O–H groups in total. The van der Waals surface area contributed by atoms with Gasteiger partial charge in [-0.05, 0) is 96.8 Å². The number of fused-ring (bicyclic) bond motifs is 2. The summed E-state index contributed by atoms with van der Waals surface area (Å²) in [5.41, 5.74) is 6.90. The Morgan fingerprint density at radius 1 is 0.658 bits per heavy atom. The van der Waals surface area contributed by atoms with Gasteiger partial charge in [0.25, 0.3) is 0 Å². The van der Waals surface area contributed by atoms with Crippen LogP contribution in [-0.4, -0.2) is 59.2 Å². The molecule has 38 heavy (non-hydrogen) atoms. The quantitative estimate of drug-likeness (QED) is 0.307. The summed E-state index contributed by atoms with van der Waals surface area (Å²) in [6, 6.07) is 26.2. The second-order valence-electron chi connectivity index (χ2n) is 10.3. The Morgan fingerprint density at radius 2 is 1.13 bits per heavy atom. The van der Waals surface area contributed by atoms with Gasteiger partial charge in [-0.25, -0.2) is 0 Å². The van der Waals surface area contributed by atoms with Crippen molar-refractivity contribution in [2.24, 2.45) is 0 Å². The number of methoxy groups -OCH3 is 2. The summed E-state index contributed by atoms with van der Waals surface area (Å²) in [6.07, 6.45) is 6.41. The Hall–Kier alpha value is -3.74. The van der Waals surface area contributed by atoms with E-state index in [9.17, 15) is 0 Å². The maximum Gasteiger partial charge on any atom is 0.118 e. The lowest BCUT2D eigenvalue weighted by molar-refractivity contribution is 0.0567. The van der Waals surface area contributed by atoms with Crippen molar-refractivity contribution in [1.29, 1.82) is 0 Å². The second kappa shape index (κ2) is 10.9. The van der Waals surface area contributed by atoms with Gasteiger partial charge in [-0.2, -0.15) is 0 Å². The number of rotatable bonds is 8. The molecule has 2 fully saturated rings. The van der Waals surface area contributed by atoms with Crippen molar-refractivity contribution in [3.63, 3.8) is 0 Å². The van der Waals surface area contributed by atoms with Crippen LogP contribution in [0, 0.1) is 0 Å². The molecule has 2 aromatic carbocycles. The first-order chi connectivity index (χ1) is 18.7. The normalized spacial score (nSPS) is 19.4. The van der Waals surface area contributed by atoms with E-state index in [-0.39, 0.29) is 0 Å². The molecule has 2 aliphatic heterocycles. The smallest absolute Gasteiger partial charge is 0.118 e. The summed E-state index contributed by atoms with van der Waals surface area (Å²) < 4.78 is 10.6. The van der Waals surface area contributed by atoms with Crippen molar-refractivity contribution in [3.05, 3.63) is 96.3 Å². The minimum atomic E-state index is 0.592. The molecule has 0 aliphatic carbocycles. The van der Waals surface area contributed by atoms with Crippen LogP contribution >= 0.6 is 0 Å². The Kier molecular flexibility index (Phi) is 7.08. The highest BCUT2D eigenvalue weighted by atomic mass is 16.5. The zero-order valence-corrected chi connectivity index (χ0v) is 22.1. The van der Waals surface area contributed by atoms with Crippen LogP contribution in [0.4, 0.5) is 0 Å². The molecule has 0 amide bonds. The van der Waals surface area contributed by atoms with Crippen molar-refractivity contribution in [1.82, 2.24) is 19.8 Å². The zero-order chi connectivity index (χ0) is 25.9. The maximum absolute atomic E-state index is 5.30.